The third-order valence-corrected chi connectivity index (χ3v) is 6.28. The van der Waals surface area contributed by atoms with E-state index < -0.39 is 5.41 Å². The second kappa shape index (κ2) is 9.90. The van der Waals surface area contributed by atoms with E-state index in [4.69, 9.17) is 37.4 Å². The molecule has 2 aromatic carbocycles. The first kappa shape index (κ1) is 22.7. The summed E-state index contributed by atoms with van der Waals surface area (Å²) in [5, 5.41) is 1.08. The van der Waals surface area contributed by atoms with Crippen molar-refractivity contribution in [3.05, 3.63) is 57.6 Å². The molecule has 1 amide bonds. The number of carbonyl (C=O) groups excluding carboxylic acids is 1. The number of rotatable bonds is 7. The highest BCUT2D eigenvalue weighted by atomic mass is 35.5. The smallest absolute Gasteiger partial charge is 0.233 e. The molecule has 0 bridgehead atoms. The van der Waals surface area contributed by atoms with E-state index in [0.717, 1.165) is 11.1 Å². The van der Waals surface area contributed by atoms with Gasteiger partial charge in [0.2, 0.25) is 5.91 Å². The highest BCUT2D eigenvalue weighted by Gasteiger charge is 2.44. The van der Waals surface area contributed by atoms with Crippen LogP contribution in [0.1, 0.15) is 24.0 Å². The number of hydrogen-bond acceptors (Lipinski definition) is 4. The third-order valence-electron chi connectivity index (χ3n) is 5.73. The number of hydrogen-bond donors (Lipinski definition) is 0. The topological polar surface area (TPSA) is 48.0 Å². The minimum absolute atomic E-state index is 0.0514. The van der Waals surface area contributed by atoms with Gasteiger partial charge in [-0.2, -0.15) is 0 Å². The molecule has 1 aliphatic rings. The van der Waals surface area contributed by atoms with Gasteiger partial charge in [0.15, 0.2) is 11.5 Å². The van der Waals surface area contributed by atoms with Crippen LogP contribution in [0.25, 0.3) is 0 Å². The lowest BCUT2D eigenvalue weighted by atomic mass is 9.73. The molecule has 0 N–H and O–H groups in total. The first-order valence-electron chi connectivity index (χ1n) is 9.91. The molecule has 2 aromatic rings. The fourth-order valence-electron chi connectivity index (χ4n) is 4.00. The molecular weight excluding hydrogens is 425 g/mol. The van der Waals surface area contributed by atoms with Crippen molar-refractivity contribution in [1.82, 2.24) is 4.90 Å². The lowest BCUT2D eigenvalue weighted by Gasteiger charge is -2.39. The molecule has 7 heteroatoms. The van der Waals surface area contributed by atoms with Gasteiger partial charge in [0.25, 0.3) is 0 Å². The van der Waals surface area contributed by atoms with Gasteiger partial charge in [0, 0.05) is 36.9 Å². The monoisotopic (exact) mass is 451 g/mol. The maximum Gasteiger partial charge on any atom is 0.233 e. The van der Waals surface area contributed by atoms with E-state index in [0.29, 0.717) is 60.6 Å². The van der Waals surface area contributed by atoms with E-state index in [-0.39, 0.29) is 5.91 Å². The van der Waals surface area contributed by atoms with Gasteiger partial charge in [-0.25, -0.2) is 0 Å². The Labute approximate surface area is 187 Å². The maximum atomic E-state index is 13.6. The van der Waals surface area contributed by atoms with Crippen LogP contribution >= 0.6 is 23.2 Å². The van der Waals surface area contributed by atoms with Crippen LogP contribution < -0.4 is 9.47 Å². The summed E-state index contributed by atoms with van der Waals surface area (Å²) in [4.78, 5) is 15.4. The summed E-state index contributed by atoms with van der Waals surface area (Å²) in [6, 6.07) is 11.2. The number of nitrogens with zero attached hydrogens (tertiary/aromatic N) is 1. The van der Waals surface area contributed by atoms with Gasteiger partial charge in [-0.3, -0.25) is 4.79 Å². The molecule has 1 heterocycles. The van der Waals surface area contributed by atoms with E-state index in [1.54, 1.807) is 31.3 Å². The van der Waals surface area contributed by atoms with Crippen molar-refractivity contribution in [1.29, 1.82) is 0 Å². The van der Waals surface area contributed by atoms with Crippen LogP contribution in [-0.4, -0.2) is 51.8 Å². The molecule has 0 atom stereocenters. The van der Waals surface area contributed by atoms with Gasteiger partial charge in [-0.1, -0.05) is 35.3 Å². The van der Waals surface area contributed by atoms with Crippen molar-refractivity contribution in [2.75, 3.05) is 41.0 Å². The van der Waals surface area contributed by atoms with Crippen molar-refractivity contribution >= 4 is 29.1 Å². The standard InChI is InChI=1S/C23H27Cl2NO4/c1-26(11-8-16-4-7-20(28-2)21(14-16)29-3)22(27)23(9-12-30-13-10-23)18-6-5-17(24)15-19(18)25/h4-7,14-15H,8-13H2,1-3H3. The Kier molecular flexibility index (Phi) is 7.50. The summed E-state index contributed by atoms with van der Waals surface area (Å²) in [6.07, 6.45) is 1.88. The Hall–Kier alpha value is -1.95. The predicted octanol–water partition coefficient (Wildman–Crippen LogP) is 4.76. The molecular formula is C23H27Cl2NO4. The van der Waals surface area contributed by atoms with Crippen molar-refractivity contribution < 1.29 is 19.0 Å². The quantitative estimate of drug-likeness (QED) is 0.608. The molecule has 0 saturated carbocycles. The first-order chi connectivity index (χ1) is 14.4. The van der Waals surface area contributed by atoms with Gasteiger partial charge >= 0.3 is 0 Å². The molecule has 5 nitrogen and oxygen atoms in total. The van der Waals surface area contributed by atoms with Crippen LogP contribution in [-0.2, 0) is 21.4 Å². The van der Waals surface area contributed by atoms with Crippen LogP contribution in [0.4, 0.5) is 0 Å². The van der Waals surface area contributed by atoms with Gasteiger partial charge in [-0.05, 0) is 54.7 Å². The highest BCUT2D eigenvalue weighted by molar-refractivity contribution is 6.35. The predicted molar refractivity (Wildman–Crippen MR) is 119 cm³/mol. The number of amides is 1. The zero-order valence-corrected chi connectivity index (χ0v) is 19.1. The molecule has 3 rings (SSSR count). The maximum absolute atomic E-state index is 13.6. The van der Waals surface area contributed by atoms with Crippen molar-refractivity contribution in [2.24, 2.45) is 0 Å². The second-order valence-corrected chi connectivity index (χ2v) is 8.33. The largest absolute Gasteiger partial charge is 0.493 e. The summed E-state index contributed by atoms with van der Waals surface area (Å²) < 4.78 is 16.2. The normalized spacial score (nSPS) is 15.5. The Bertz CT molecular complexity index is 897. The summed E-state index contributed by atoms with van der Waals surface area (Å²) >= 11 is 12.6. The van der Waals surface area contributed by atoms with Gasteiger partial charge in [0.1, 0.15) is 0 Å². The van der Waals surface area contributed by atoms with Crippen LogP contribution in [0.15, 0.2) is 36.4 Å². The van der Waals surface area contributed by atoms with E-state index in [1.165, 1.54) is 0 Å². The zero-order valence-electron chi connectivity index (χ0n) is 17.5. The second-order valence-electron chi connectivity index (χ2n) is 7.48. The number of ether oxygens (including phenoxy) is 3. The Balaban J connectivity index is 1.80. The van der Waals surface area contributed by atoms with Crippen molar-refractivity contribution in [2.45, 2.75) is 24.7 Å². The molecule has 0 aliphatic carbocycles. The third kappa shape index (κ3) is 4.69. The van der Waals surface area contributed by atoms with Crippen LogP contribution in [0.3, 0.4) is 0 Å². The van der Waals surface area contributed by atoms with E-state index in [9.17, 15) is 4.79 Å². The van der Waals surface area contributed by atoms with Crippen molar-refractivity contribution in [3.63, 3.8) is 0 Å². The van der Waals surface area contributed by atoms with E-state index >= 15 is 0 Å². The van der Waals surface area contributed by atoms with Crippen LogP contribution in [0.5, 0.6) is 11.5 Å². The minimum Gasteiger partial charge on any atom is -0.493 e. The molecule has 1 aliphatic heterocycles. The summed E-state index contributed by atoms with van der Waals surface area (Å²) in [5.41, 5.74) is 1.18. The zero-order chi connectivity index (χ0) is 21.7. The summed E-state index contributed by atoms with van der Waals surface area (Å²) in [7, 11) is 5.06. The minimum atomic E-state index is -0.702. The number of halogens is 2. The van der Waals surface area contributed by atoms with Crippen molar-refractivity contribution in [3.8, 4) is 11.5 Å². The molecule has 1 fully saturated rings. The number of likely N-dealkylation sites (N-methyl/N-ethyl adjacent to an activating group) is 1. The molecule has 162 valence electrons. The molecule has 0 unspecified atom stereocenters. The lowest BCUT2D eigenvalue weighted by molar-refractivity contribution is -0.140. The van der Waals surface area contributed by atoms with Crippen LogP contribution in [0, 0.1) is 0 Å². The van der Waals surface area contributed by atoms with E-state index in [1.807, 2.05) is 31.3 Å². The number of methoxy groups -OCH3 is 2. The average molecular weight is 452 g/mol. The number of benzene rings is 2. The number of carbonyl (C=O) groups is 1. The average Bonchev–Trinajstić information content (AvgIpc) is 2.77. The highest BCUT2D eigenvalue weighted by Crippen LogP contribution is 2.41. The molecule has 0 radical (unpaired) electrons. The Morgan fingerprint density at radius 2 is 1.77 bits per heavy atom. The summed E-state index contributed by atoms with van der Waals surface area (Å²) in [6.45, 7) is 1.62. The Morgan fingerprint density at radius 3 is 2.40 bits per heavy atom. The Morgan fingerprint density at radius 1 is 1.07 bits per heavy atom. The SMILES string of the molecule is COc1ccc(CCN(C)C(=O)C2(c3ccc(Cl)cc3Cl)CCOCC2)cc1OC. The summed E-state index contributed by atoms with van der Waals surface area (Å²) in [5.74, 6) is 1.41. The van der Waals surface area contributed by atoms with Gasteiger partial charge < -0.3 is 19.1 Å². The lowest BCUT2D eigenvalue weighted by Crippen LogP contribution is -2.49. The van der Waals surface area contributed by atoms with Gasteiger partial charge in [-0.15, -0.1) is 0 Å². The van der Waals surface area contributed by atoms with Gasteiger partial charge in [0.05, 0.1) is 19.6 Å². The fourth-order valence-corrected chi connectivity index (χ4v) is 4.59. The molecule has 0 spiro atoms. The van der Waals surface area contributed by atoms with Crippen LogP contribution in [0.2, 0.25) is 10.0 Å². The molecule has 1 saturated heterocycles. The van der Waals surface area contributed by atoms with E-state index in [2.05, 4.69) is 0 Å². The first-order valence-corrected chi connectivity index (χ1v) is 10.7. The molecule has 0 aromatic heterocycles. The molecule has 30 heavy (non-hydrogen) atoms. The fraction of sp³-hybridized carbons (Fsp3) is 0.435.